The smallest absolute Gasteiger partial charge is 0.315 e. The molecular formula is C21H21N3O4. The van der Waals surface area contributed by atoms with Crippen molar-refractivity contribution in [1.82, 2.24) is 15.2 Å². The maximum Gasteiger partial charge on any atom is 0.315 e. The van der Waals surface area contributed by atoms with E-state index in [4.69, 9.17) is 0 Å². The summed E-state index contributed by atoms with van der Waals surface area (Å²) >= 11 is 0. The summed E-state index contributed by atoms with van der Waals surface area (Å²) in [6.45, 7) is 0.286. The van der Waals surface area contributed by atoms with Crippen molar-refractivity contribution in [2.24, 2.45) is 11.3 Å². The molecule has 0 spiro atoms. The molecule has 2 heterocycles. The Kier molecular flexibility index (Phi) is 4.37. The van der Waals surface area contributed by atoms with Gasteiger partial charge in [-0.15, -0.1) is 0 Å². The van der Waals surface area contributed by atoms with Crippen molar-refractivity contribution in [3.05, 3.63) is 53.7 Å². The van der Waals surface area contributed by atoms with Gasteiger partial charge in [0.15, 0.2) is 0 Å². The number of nitrogens with one attached hydrogen (secondary N) is 1. The summed E-state index contributed by atoms with van der Waals surface area (Å²) in [5.41, 5.74) is 0.332. The highest BCUT2D eigenvalue weighted by molar-refractivity contribution is 6.19. The third-order valence-corrected chi connectivity index (χ3v) is 5.59. The third-order valence-electron chi connectivity index (χ3n) is 5.59. The van der Waals surface area contributed by atoms with Gasteiger partial charge in [-0.25, -0.2) is 0 Å². The highest BCUT2D eigenvalue weighted by Crippen LogP contribution is 2.49. The highest BCUT2D eigenvalue weighted by atomic mass is 16.4. The van der Waals surface area contributed by atoms with Crippen LogP contribution in [0.4, 0.5) is 0 Å². The van der Waals surface area contributed by atoms with E-state index in [0.717, 1.165) is 29.3 Å². The topological polar surface area (TPSA) is 99.6 Å². The zero-order valence-corrected chi connectivity index (χ0v) is 15.5. The Hall–Kier alpha value is -3.22. The Morgan fingerprint density at radius 1 is 1.32 bits per heavy atom. The maximum atomic E-state index is 12.9. The quantitative estimate of drug-likeness (QED) is 0.771. The molecule has 0 bridgehead atoms. The molecule has 28 heavy (non-hydrogen) atoms. The lowest BCUT2D eigenvalue weighted by Crippen LogP contribution is -2.52. The van der Waals surface area contributed by atoms with Crippen molar-refractivity contribution in [2.75, 3.05) is 13.6 Å². The average Bonchev–Trinajstić information content (AvgIpc) is 3.54. The second kappa shape index (κ2) is 6.74. The molecule has 1 unspecified atom stereocenters. The van der Waals surface area contributed by atoms with E-state index < -0.39 is 23.2 Å². The van der Waals surface area contributed by atoms with Crippen molar-refractivity contribution < 1.29 is 19.5 Å². The maximum absolute atomic E-state index is 12.9. The first kappa shape index (κ1) is 18.2. The Labute approximate surface area is 162 Å². The number of pyridine rings is 1. The van der Waals surface area contributed by atoms with Crippen molar-refractivity contribution in [1.29, 1.82) is 0 Å². The Balaban J connectivity index is 1.71. The fraction of sp³-hybridized carbons (Fsp3) is 0.333. The molecule has 2 amide bonds. The van der Waals surface area contributed by atoms with Gasteiger partial charge in [-0.3, -0.25) is 19.4 Å². The number of aliphatic carboxylic acids is 1. The third kappa shape index (κ3) is 3.02. The number of hydrogen-bond acceptors (Lipinski definition) is 4. The normalized spacial score (nSPS) is 22.1. The van der Waals surface area contributed by atoms with Crippen molar-refractivity contribution in [3.8, 4) is 0 Å². The Bertz CT molecular complexity index is 1010. The lowest BCUT2D eigenvalue weighted by atomic mass is 9.77. The lowest BCUT2D eigenvalue weighted by molar-refractivity contribution is -0.151. The molecular weight excluding hydrogens is 358 g/mol. The van der Waals surface area contributed by atoms with E-state index in [0.29, 0.717) is 0 Å². The molecule has 7 nitrogen and oxygen atoms in total. The predicted octanol–water partition coefficient (Wildman–Crippen LogP) is 1.73. The molecule has 144 valence electrons. The predicted molar refractivity (Wildman–Crippen MR) is 102 cm³/mol. The summed E-state index contributed by atoms with van der Waals surface area (Å²) in [7, 11) is 1.43. The second-order valence-corrected chi connectivity index (χ2v) is 7.45. The number of benzene rings is 1. The molecule has 2 N–H and O–H groups in total. The first-order chi connectivity index (χ1) is 13.4. The molecule has 1 aliphatic heterocycles. The van der Waals surface area contributed by atoms with Gasteiger partial charge in [0.1, 0.15) is 11.0 Å². The molecule has 0 radical (unpaired) electrons. The van der Waals surface area contributed by atoms with Gasteiger partial charge in [-0.1, -0.05) is 18.2 Å². The van der Waals surface area contributed by atoms with Crippen LogP contribution >= 0.6 is 0 Å². The van der Waals surface area contributed by atoms with Gasteiger partial charge in [0, 0.05) is 31.7 Å². The molecule has 2 aliphatic rings. The number of carboxylic acids is 1. The van der Waals surface area contributed by atoms with Crippen molar-refractivity contribution in [3.63, 3.8) is 0 Å². The minimum Gasteiger partial charge on any atom is -0.481 e. The fourth-order valence-corrected chi connectivity index (χ4v) is 3.93. The number of aromatic nitrogens is 1. The van der Waals surface area contributed by atoms with Crippen LogP contribution in [0.2, 0.25) is 0 Å². The van der Waals surface area contributed by atoms with Gasteiger partial charge >= 0.3 is 5.97 Å². The largest absolute Gasteiger partial charge is 0.481 e. The number of carbonyl (C=O) groups is 3. The molecule has 1 aliphatic carbocycles. The average molecular weight is 379 g/mol. The molecule has 7 heteroatoms. The summed E-state index contributed by atoms with van der Waals surface area (Å²) in [4.78, 5) is 43.2. The van der Waals surface area contributed by atoms with Crippen LogP contribution in [0.3, 0.4) is 0 Å². The monoisotopic (exact) mass is 379 g/mol. The fourth-order valence-electron chi connectivity index (χ4n) is 3.93. The van der Waals surface area contributed by atoms with Gasteiger partial charge < -0.3 is 15.3 Å². The molecule has 2 aromatic rings. The van der Waals surface area contributed by atoms with Crippen LogP contribution in [0.5, 0.6) is 0 Å². The summed E-state index contributed by atoms with van der Waals surface area (Å²) in [6.07, 6.45) is 4.65. The summed E-state index contributed by atoms with van der Waals surface area (Å²) in [5.74, 6) is -2.05. The number of carbonyl (C=O) groups excluding carboxylic acids is 2. The zero-order chi connectivity index (χ0) is 19.9. The van der Waals surface area contributed by atoms with E-state index in [9.17, 15) is 19.5 Å². The first-order valence-electron chi connectivity index (χ1n) is 9.26. The first-order valence-corrected chi connectivity index (χ1v) is 9.26. The number of rotatable bonds is 5. The van der Waals surface area contributed by atoms with E-state index in [1.807, 2.05) is 30.3 Å². The van der Waals surface area contributed by atoms with Crippen LogP contribution in [-0.4, -0.2) is 46.4 Å². The molecule has 1 atom stereocenters. The van der Waals surface area contributed by atoms with Crippen LogP contribution in [0.25, 0.3) is 10.9 Å². The molecule has 1 fully saturated rings. The van der Waals surface area contributed by atoms with Crippen molar-refractivity contribution >= 4 is 28.7 Å². The van der Waals surface area contributed by atoms with E-state index in [-0.39, 0.29) is 24.6 Å². The number of fused-ring (bicyclic) bond motifs is 1. The van der Waals surface area contributed by atoms with Crippen LogP contribution in [0, 0.1) is 11.3 Å². The molecule has 1 saturated carbocycles. The molecule has 1 aromatic carbocycles. The van der Waals surface area contributed by atoms with Crippen molar-refractivity contribution in [2.45, 2.75) is 19.4 Å². The van der Waals surface area contributed by atoms with Gasteiger partial charge in [-0.2, -0.15) is 0 Å². The number of nitrogens with zero attached hydrogens (tertiary/aromatic N) is 2. The summed E-state index contributed by atoms with van der Waals surface area (Å²) in [5, 5.41) is 13.4. The Morgan fingerprint density at radius 3 is 2.79 bits per heavy atom. The van der Waals surface area contributed by atoms with Crippen LogP contribution in [0.15, 0.2) is 48.2 Å². The minimum absolute atomic E-state index is 0.0569. The Morgan fingerprint density at radius 2 is 2.11 bits per heavy atom. The lowest BCUT2D eigenvalue weighted by Gasteiger charge is -2.38. The summed E-state index contributed by atoms with van der Waals surface area (Å²) < 4.78 is 0. The molecule has 1 aromatic heterocycles. The van der Waals surface area contributed by atoms with Gasteiger partial charge in [0.25, 0.3) is 11.8 Å². The van der Waals surface area contributed by atoms with Crippen LogP contribution in [-0.2, 0) is 20.9 Å². The standard InChI is InChI=1S/C21H21N3O4/c1-22-18(25)16-10-21(20(27)28,15-6-7-15)12-24(19(16)26)11-13-4-5-14-3-2-8-23-17(14)9-13/h2-5,8-10,15H,6-7,11-12H2,1H3,(H,22,25)(H,27,28). The molecule has 4 rings (SSSR count). The van der Waals surface area contributed by atoms with E-state index in [1.165, 1.54) is 18.0 Å². The van der Waals surface area contributed by atoms with Crippen LogP contribution in [0.1, 0.15) is 18.4 Å². The molecule has 0 saturated heterocycles. The zero-order valence-electron chi connectivity index (χ0n) is 15.5. The van der Waals surface area contributed by atoms with E-state index >= 15 is 0 Å². The second-order valence-electron chi connectivity index (χ2n) is 7.45. The van der Waals surface area contributed by atoms with Gasteiger partial charge in [0.2, 0.25) is 0 Å². The van der Waals surface area contributed by atoms with Gasteiger partial charge in [-0.05, 0) is 42.5 Å². The van der Waals surface area contributed by atoms with E-state index in [2.05, 4.69) is 10.3 Å². The minimum atomic E-state index is -1.22. The number of hydrogen-bond donors (Lipinski definition) is 2. The number of amides is 2. The van der Waals surface area contributed by atoms with Gasteiger partial charge in [0.05, 0.1) is 5.52 Å². The highest BCUT2D eigenvalue weighted by Gasteiger charge is 2.54. The summed E-state index contributed by atoms with van der Waals surface area (Å²) in [6, 6.07) is 9.52. The van der Waals surface area contributed by atoms with E-state index in [1.54, 1.807) is 6.20 Å². The number of carboxylic acid groups (broad SMARTS) is 1. The number of likely N-dealkylation sites (N-methyl/N-ethyl adjacent to an activating group) is 1. The van der Waals surface area contributed by atoms with Crippen LogP contribution < -0.4 is 5.32 Å². The SMILES string of the molecule is CNC(=O)C1=CC(C(=O)O)(C2CC2)CN(Cc2ccc3cccnc3c2)C1=O.